The lowest BCUT2D eigenvalue weighted by Crippen LogP contribution is -2.57. The zero-order valence-electron chi connectivity index (χ0n) is 23.7. The summed E-state index contributed by atoms with van der Waals surface area (Å²) in [6.45, 7) is -0.0315. The Balaban J connectivity index is 1.44. The van der Waals surface area contributed by atoms with Gasteiger partial charge < -0.3 is 13.8 Å². The van der Waals surface area contributed by atoms with Gasteiger partial charge in [0.25, 0.3) is 0 Å². The van der Waals surface area contributed by atoms with E-state index in [1.54, 1.807) is 0 Å². The van der Waals surface area contributed by atoms with E-state index in [0.29, 0.717) is 0 Å². The molecule has 2 aromatic heterocycles. The Bertz CT molecular complexity index is 2680. The van der Waals surface area contributed by atoms with Crippen molar-refractivity contribution in [2.24, 2.45) is 0 Å². The van der Waals surface area contributed by atoms with Crippen molar-refractivity contribution in [2.45, 2.75) is 0 Å². The Morgan fingerprint density at radius 1 is 0.523 bits per heavy atom. The summed E-state index contributed by atoms with van der Waals surface area (Å²) in [6, 6.07) is 50.8. The van der Waals surface area contributed by atoms with Gasteiger partial charge in [0.15, 0.2) is 0 Å². The van der Waals surface area contributed by atoms with Gasteiger partial charge in [-0.15, -0.1) is 0 Å². The van der Waals surface area contributed by atoms with Crippen molar-refractivity contribution in [3.8, 4) is 11.1 Å². The van der Waals surface area contributed by atoms with Crippen LogP contribution in [0.5, 0.6) is 0 Å². The van der Waals surface area contributed by atoms with Crippen LogP contribution in [-0.2, 0) is 0 Å². The Morgan fingerprint density at radius 2 is 1.27 bits per heavy atom. The van der Waals surface area contributed by atoms with E-state index < -0.39 is 0 Å². The molecule has 0 bridgehead atoms. The van der Waals surface area contributed by atoms with Crippen LogP contribution >= 0.6 is 0 Å². The monoisotopic (exact) mass is 558 g/mol. The molecule has 0 saturated carbocycles. The molecular formula is C40H23BN2O. The van der Waals surface area contributed by atoms with Gasteiger partial charge in [0.05, 0.1) is 0 Å². The number of anilines is 3. The molecule has 4 heteroatoms. The van der Waals surface area contributed by atoms with E-state index in [0.717, 1.165) is 27.6 Å². The number of furan rings is 1. The molecule has 44 heavy (non-hydrogen) atoms. The van der Waals surface area contributed by atoms with Crippen LogP contribution < -0.4 is 15.8 Å². The number of aromatic nitrogens is 1. The minimum Gasteiger partial charge on any atom is -0.455 e. The van der Waals surface area contributed by atoms with E-state index >= 15 is 0 Å². The standard InChI is InChI=1S/C40H23BN2O/c1-2-12-25(13-3-1)42-33-22-21-24-11-4-5-14-26(24)37(33)41-38-34(42)23-31-28-16-7-9-20-35(28)44-40(31)36(38)30-18-10-17-29-27-15-6-8-19-32(27)43(41)39(29)30/h1-23H. The van der Waals surface area contributed by atoms with Crippen LogP contribution in [0.4, 0.5) is 17.1 Å². The summed E-state index contributed by atoms with van der Waals surface area (Å²) in [6.07, 6.45) is 0. The van der Waals surface area contributed by atoms with Gasteiger partial charge in [0.2, 0.25) is 0 Å². The van der Waals surface area contributed by atoms with Crippen molar-refractivity contribution in [2.75, 3.05) is 4.90 Å². The fraction of sp³-hybridized carbons (Fsp3) is 0. The SMILES string of the molecule is c1ccc(N2c3cc4c(oc5ccccc54)c4c3B(c3c2ccc2ccccc32)n2c3ccccc3c3cccc-4c32)cc1. The van der Waals surface area contributed by atoms with Crippen LogP contribution in [-0.4, -0.2) is 11.3 Å². The summed E-state index contributed by atoms with van der Waals surface area (Å²) in [4.78, 5) is 2.48. The second kappa shape index (κ2) is 8.00. The average molecular weight is 558 g/mol. The molecule has 7 aromatic carbocycles. The fourth-order valence-corrected chi connectivity index (χ4v) is 8.26. The summed E-state index contributed by atoms with van der Waals surface area (Å²) in [5.74, 6) is 0. The van der Waals surface area contributed by atoms with Crippen molar-refractivity contribution in [3.05, 3.63) is 140 Å². The second-order valence-corrected chi connectivity index (χ2v) is 12.0. The number of nitrogens with zero attached hydrogens (tertiary/aromatic N) is 2. The highest BCUT2D eigenvalue weighted by Crippen LogP contribution is 2.49. The molecule has 11 rings (SSSR count). The van der Waals surface area contributed by atoms with Gasteiger partial charge in [-0.1, -0.05) is 103 Å². The van der Waals surface area contributed by atoms with Crippen LogP contribution in [0.2, 0.25) is 0 Å². The predicted molar refractivity (Wildman–Crippen MR) is 185 cm³/mol. The first kappa shape index (κ1) is 22.8. The molecule has 0 N–H and O–H groups in total. The van der Waals surface area contributed by atoms with E-state index in [-0.39, 0.29) is 6.85 Å². The number of fused-ring (bicyclic) bond motifs is 13. The summed E-state index contributed by atoms with van der Waals surface area (Å²) in [7, 11) is 0. The Morgan fingerprint density at radius 3 is 2.18 bits per heavy atom. The lowest BCUT2D eigenvalue weighted by molar-refractivity contribution is 0.670. The molecule has 9 aromatic rings. The second-order valence-electron chi connectivity index (χ2n) is 12.0. The van der Waals surface area contributed by atoms with Crippen molar-refractivity contribution < 1.29 is 4.42 Å². The van der Waals surface area contributed by atoms with Crippen LogP contribution in [0.1, 0.15) is 0 Å². The van der Waals surface area contributed by atoms with Gasteiger partial charge >= 0.3 is 6.85 Å². The molecule has 0 fully saturated rings. The van der Waals surface area contributed by atoms with E-state index in [9.17, 15) is 0 Å². The topological polar surface area (TPSA) is 21.3 Å². The third-order valence-corrected chi connectivity index (χ3v) is 9.94. The van der Waals surface area contributed by atoms with Crippen LogP contribution in [0.3, 0.4) is 0 Å². The quantitative estimate of drug-likeness (QED) is 0.187. The number of benzene rings is 7. The van der Waals surface area contributed by atoms with E-state index in [1.165, 1.54) is 66.0 Å². The number of rotatable bonds is 1. The molecule has 0 aliphatic carbocycles. The smallest absolute Gasteiger partial charge is 0.333 e. The van der Waals surface area contributed by atoms with Crippen molar-refractivity contribution in [1.29, 1.82) is 0 Å². The van der Waals surface area contributed by atoms with Crippen molar-refractivity contribution >= 4 is 89.4 Å². The number of para-hydroxylation sites is 4. The normalized spacial score (nSPS) is 13.4. The average Bonchev–Trinajstić information content (AvgIpc) is 3.63. The number of hydrogen-bond acceptors (Lipinski definition) is 2. The zero-order chi connectivity index (χ0) is 28.5. The molecule has 2 aliphatic heterocycles. The Kier molecular flexibility index (Phi) is 4.15. The van der Waals surface area contributed by atoms with Gasteiger partial charge in [-0.25, -0.2) is 0 Å². The van der Waals surface area contributed by atoms with Crippen LogP contribution in [0.25, 0.3) is 65.6 Å². The molecule has 202 valence electrons. The van der Waals surface area contributed by atoms with Crippen molar-refractivity contribution in [1.82, 2.24) is 4.48 Å². The minimum atomic E-state index is -0.0315. The molecule has 4 heterocycles. The maximum absolute atomic E-state index is 6.83. The highest BCUT2D eigenvalue weighted by molar-refractivity contribution is 6.92. The van der Waals surface area contributed by atoms with E-state index in [2.05, 4.69) is 149 Å². The Hall–Kier alpha value is -5.74. The molecule has 0 unspecified atom stereocenters. The summed E-state index contributed by atoms with van der Waals surface area (Å²) < 4.78 is 9.45. The van der Waals surface area contributed by atoms with Crippen molar-refractivity contribution in [3.63, 3.8) is 0 Å². The van der Waals surface area contributed by atoms with Crippen LogP contribution in [0.15, 0.2) is 144 Å². The molecule has 3 nitrogen and oxygen atoms in total. The first-order valence-corrected chi connectivity index (χ1v) is 15.2. The largest absolute Gasteiger partial charge is 0.455 e. The molecule has 0 amide bonds. The summed E-state index contributed by atoms with van der Waals surface area (Å²) in [5, 5.41) is 7.40. The molecule has 0 saturated heterocycles. The molecule has 0 spiro atoms. The first-order chi connectivity index (χ1) is 21.9. The van der Waals surface area contributed by atoms with Gasteiger partial charge in [0, 0.05) is 60.8 Å². The first-order valence-electron chi connectivity index (χ1n) is 15.2. The van der Waals surface area contributed by atoms with Gasteiger partial charge in [-0.2, -0.15) is 0 Å². The molecular weight excluding hydrogens is 535 g/mol. The van der Waals surface area contributed by atoms with Gasteiger partial charge in [-0.05, 0) is 58.1 Å². The van der Waals surface area contributed by atoms with E-state index in [1.807, 2.05) is 0 Å². The van der Waals surface area contributed by atoms with Gasteiger partial charge in [0.1, 0.15) is 11.2 Å². The third-order valence-electron chi connectivity index (χ3n) is 9.94. The highest BCUT2D eigenvalue weighted by Gasteiger charge is 2.44. The lowest BCUT2D eigenvalue weighted by Gasteiger charge is -2.41. The maximum atomic E-state index is 6.83. The molecule has 0 radical (unpaired) electrons. The summed E-state index contributed by atoms with van der Waals surface area (Å²) >= 11 is 0. The summed E-state index contributed by atoms with van der Waals surface area (Å²) in [5.41, 5.74) is 13.1. The third kappa shape index (κ3) is 2.66. The lowest BCUT2D eigenvalue weighted by atomic mass is 9.44. The van der Waals surface area contributed by atoms with Gasteiger partial charge in [-0.3, -0.25) is 0 Å². The predicted octanol–water partition coefficient (Wildman–Crippen LogP) is 9.26. The maximum Gasteiger partial charge on any atom is 0.333 e. The van der Waals surface area contributed by atoms with E-state index in [4.69, 9.17) is 4.42 Å². The zero-order valence-corrected chi connectivity index (χ0v) is 23.7. The highest BCUT2D eigenvalue weighted by atomic mass is 16.3. The number of hydrogen-bond donors (Lipinski definition) is 0. The minimum absolute atomic E-state index is 0.0315. The Labute approximate surface area is 253 Å². The fourth-order valence-electron chi connectivity index (χ4n) is 8.26. The molecule has 0 atom stereocenters. The van der Waals surface area contributed by atoms with Crippen LogP contribution in [0, 0.1) is 0 Å². The molecule has 2 aliphatic rings.